The Morgan fingerprint density at radius 2 is 1.84 bits per heavy atom. The van der Waals surface area contributed by atoms with Gasteiger partial charge in [-0.25, -0.2) is 0 Å². The van der Waals surface area contributed by atoms with E-state index in [1.54, 1.807) is 6.07 Å². The van der Waals surface area contributed by atoms with Crippen LogP contribution in [0, 0.1) is 7.14 Å². The van der Waals surface area contributed by atoms with Crippen molar-refractivity contribution >= 4 is 51.5 Å². The van der Waals surface area contributed by atoms with Crippen LogP contribution in [0.5, 0.6) is 11.5 Å². The second-order valence-corrected chi connectivity index (χ2v) is 6.28. The first kappa shape index (κ1) is 14.6. The number of ether oxygens (including phenoxy) is 1. The normalized spacial score (nSPS) is 10.2. The highest BCUT2D eigenvalue weighted by molar-refractivity contribution is 14.1. The number of aldehydes is 1. The molecule has 0 aliphatic carbocycles. The molecule has 2 rings (SSSR count). The van der Waals surface area contributed by atoms with Gasteiger partial charge in [-0.15, -0.1) is 0 Å². The molecule has 0 saturated heterocycles. The van der Waals surface area contributed by atoms with Gasteiger partial charge in [-0.3, -0.25) is 4.79 Å². The number of benzene rings is 2. The fourth-order valence-corrected chi connectivity index (χ4v) is 2.60. The van der Waals surface area contributed by atoms with Crippen molar-refractivity contribution in [1.82, 2.24) is 0 Å². The molecule has 2 aromatic carbocycles. The first-order chi connectivity index (χ1) is 9.10. The Morgan fingerprint density at radius 3 is 2.42 bits per heavy atom. The predicted molar refractivity (Wildman–Crippen MR) is 89.7 cm³/mol. The molecule has 0 radical (unpaired) electrons. The molecule has 0 aliphatic heterocycles. The fraction of sp³-hybridized carbons (Fsp3) is 0.0714. The van der Waals surface area contributed by atoms with Gasteiger partial charge in [0.15, 0.2) is 6.29 Å². The molecule has 0 amide bonds. The highest BCUT2D eigenvalue weighted by atomic mass is 127. The van der Waals surface area contributed by atoms with Crippen LogP contribution in [-0.2, 0) is 6.61 Å². The molecule has 0 heterocycles. The van der Waals surface area contributed by atoms with E-state index in [1.807, 2.05) is 46.9 Å². The van der Waals surface area contributed by atoms with Crippen LogP contribution >= 0.6 is 45.2 Å². The average molecular weight is 480 g/mol. The quantitative estimate of drug-likeness (QED) is 0.532. The third-order valence-electron chi connectivity index (χ3n) is 2.52. The van der Waals surface area contributed by atoms with Crippen molar-refractivity contribution < 1.29 is 14.6 Å². The largest absolute Gasteiger partial charge is 0.507 e. The molecule has 19 heavy (non-hydrogen) atoms. The Kier molecular flexibility index (Phi) is 5.03. The molecule has 0 fully saturated rings. The Balaban J connectivity index is 2.11. The lowest BCUT2D eigenvalue weighted by atomic mass is 10.2. The smallest absolute Gasteiger partial charge is 0.154 e. The maximum atomic E-state index is 10.8. The molecular weight excluding hydrogens is 470 g/mol. The molecule has 0 atom stereocenters. The molecule has 98 valence electrons. The summed E-state index contributed by atoms with van der Waals surface area (Å²) in [6.45, 7) is 0.423. The molecule has 0 bridgehead atoms. The van der Waals surface area contributed by atoms with Gasteiger partial charge in [-0.2, -0.15) is 0 Å². The summed E-state index contributed by atoms with van der Waals surface area (Å²) in [5, 5.41) is 9.69. The number of phenols is 1. The predicted octanol–water partition coefficient (Wildman–Crippen LogP) is 3.99. The van der Waals surface area contributed by atoms with Crippen molar-refractivity contribution in [2.75, 3.05) is 0 Å². The maximum Gasteiger partial charge on any atom is 0.154 e. The topological polar surface area (TPSA) is 46.5 Å². The van der Waals surface area contributed by atoms with Crippen molar-refractivity contribution in [3.63, 3.8) is 0 Å². The van der Waals surface area contributed by atoms with Gasteiger partial charge >= 0.3 is 0 Å². The Hall–Kier alpha value is -0.830. The van der Waals surface area contributed by atoms with E-state index in [0.29, 0.717) is 27.8 Å². The number of halogens is 2. The SMILES string of the molecule is O=Cc1c(O)cc(OCc2ccc(I)cc2)cc1I. The minimum atomic E-state index is -0.0560. The molecular formula is C14H10I2O3. The molecule has 1 N–H and O–H groups in total. The van der Waals surface area contributed by atoms with Gasteiger partial charge in [0.05, 0.1) is 5.56 Å². The van der Waals surface area contributed by atoms with Gasteiger partial charge in [0.2, 0.25) is 0 Å². The third kappa shape index (κ3) is 3.82. The summed E-state index contributed by atoms with van der Waals surface area (Å²) in [4.78, 5) is 10.8. The van der Waals surface area contributed by atoms with E-state index in [9.17, 15) is 9.90 Å². The van der Waals surface area contributed by atoms with E-state index >= 15 is 0 Å². The molecule has 5 heteroatoms. The van der Waals surface area contributed by atoms with Gasteiger partial charge in [0.25, 0.3) is 0 Å². The molecule has 0 spiro atoms. The summed E-state index contributed by atoms with van der Waals surface area (Å²) in [5.41, 5.74) is 1.34. The fourth-order valence-electron chi connectivity index (χ4n) is 1.53. The Morgan fingerprint density at radius 1 is 1.16 bits per heavy atom. The number of carbonyl (C=O) groups is 1. The number of hydrogen-bond acceptors (Lipinski definition) is 3. The first-order valence-electron chi connectivity index (χ1n) is 5.45. The number of aromatic hydroxyl groups is 1. The van der Waals surface area contributed by atoms with Crippen molar-refractivity contribution in [2.24, 2.45) is 0 Å². The average Bonchev–Trinajstić information content (AvgIpc) is 2.38. The maximum absolute atomic E-state index is 10.8. The number of phenolic OH excluding ortho intramolecular Hbond substituents is 1. The lowest BCUT2D eigenvalue weighted by Gasteiger charge is -2.09. The number of carbonyl (C=O) groups excluding carboxylic acids is 1. The monoisotopic (exact) mass is 480 g/mol. The van der Waals surface area contributed by atoms with Crippen LogP contribution < -0.4 is 4.74 Å². The number of rotatable bonds is 4. The van der Waals surface area contributed by atoms with E-state index in [1.165, 1.54) is 9.64 Å². The molecule has 0 unspecified atom stereocenters. The zero-order valence-corrected chi connectivity index (χ0v) is 14.1. The Labute approximate surface area is 138 Å². The zero-order valence-electron chi connectivity index (χ0n) is 9.77. The molecule has 2 aromatic rings. The summed E-state index contributed by atoms with van der Waals surface area (Å²) >= 11 is 4.24. The standard InChI is InChI=1S/C14H10I2O3/c15-10-3-1-9(2-4-10)8-19-11-5-13(16)12(7-17)14(18)6-11/h1-7,18H,8H2. The van der Waals surface area contributed by atoms with Crippen molar-refractivity contribution in [3.05, 3.63) is 54.7 Å². The van der Waals surface area contributed by atoms with Crippen molar-refractivity contribution in [3.8, 4) is 11.5 Å². The summed E-state index contributed by atoms with van der Waals surface area (Å²) in [6, 6.07) is 11.2. The first-order valence-corrected chi connectivity index (χ1v) is 7.61. The van der Waals surface area contributed by atoms with Gasteiger partial charge in [-0.1, -0.05) is 12.1 Å². The van der Waals surface area contributed by atoms with Crippen LogP contribution in [0.4, 0.5) is 0 Å². The molecule has 0 saturated carbocycles. The second kappa shape index (κ2) is 6.56. The van der Waals surface area contributed by atoms with E-state index in [4.69, 9.17) is 4.74 Å². The summed E-state index contributed by atoms with van der Waals surface area (Å²) in [6.07, 6.45) is 0.639. The van der Waals surface area contributed by atoms with Crippen LogP contribution in [-0.4, -0.2) is 11.4 Å². The van der Waals surface area contributed by atoms with Gasteiger partial charge in [-0.05, 0) is 68.9 Å². The number of hydrogen-bond donors (Lipinski definition) is 1. The van der Waals surface area contributed by atoms with Gasteiger partial charge < -0.3 is 9.84 Å². The van der Waals surface area contributed by atoms with Crippen molar-refractivity contribution in [1.29, 1.82) is 0 Å². The molecule has 0 aromatic heterocycles. The van der Waals surface area contributed by atoms with E-state index in [0.717, 1.165) is 5.56 Å². The zero-order chi connectivity index (χ0) is 13.8. The third-order valence-corrected chi connectivity index (χ3v) is 4.13. The molecule has 3 nitrogen and oxygen atoms in total. The second-order valence-electron chi connectivity index (χ2n) is 3.87. The lowest BCUT2D eigenvalue weighted by molar-refractivity contribution is 0.112. The van der Waals surface area contributed by atoms with E-state index in [-0.39, 0.29) is 5.75 Å². The van der Waals surface area contributed by atoms with E-state index < -0.39 is 0 Å². The van der Waals surface area contributed by atoms with Crippen LogP contribution in [0.1, 0.15) is 15.9 Å². The van der Waals surface area contributed by atoms with Crippen LogP contribution in [0.3, 0.4) is 0 Å². The van der Waals surface area contributed by atoms with Gasteiger partial charge in [0, 0.05) is 13.2 Å². The van der Waals surface area contributed by atoms with Crippen molar-refractivity contribution in [2.45, 2.75) is 6.61 Å². The van der Waals surface area contributed by atoms with Gasteiger partial charge in [0.1, 0.15) is 18.1 Å². The minimum Gasteiger partial charge on any atom is -0.507 e. The summed E-state index contributed by atoms with van der Waals surface area (Å²) in [5.74, 6) is 0.491. The lowest BCUT2D eigenvalue weighted by Crippen LogP contribution is -1.97. The Bertz CT molecular complexity index is 571. The van der Waals surface area contributed by atoms with Crippen LogP contribution in [0.2, 0.25) is 0 Å². The summed E-state index contributed by atoms with van der Waals surface area (Å²) < 4.78 is 7.45. The van der Waals surface area contributed by atoms with Crippen LogP contribution in [0.15, 0.2) is 36.4 Å². The highest BCUT2D eigenvalue weighted by Gasteiger charge is 2.08. The minimum absolute atomic E-state index is 0.0560. The van der Waals surface area contributed by atoms with E-state index in [2.05, 4.69) is 22.6 Å². The highest BCUT2D eigenvalue weighted by Crippen LogP contribution is 2.28. The molecule has 0 aliphatic rings. The van der Waals surface area contributed by atoms with Crippen LogP contribution in [0.25, 0.3) is 0 Å². The summed E-state index contributed by atoms with van der Waals surface area (Å²) in [7, 11) is 0.